The minimum absolute atomic E-state index is 0.0399. The molecule has 3 nitrogen and oxygen atoms in total. The highest BCUT2D eigenvalue weighted by molar-refractivity contribution is 5.79. The number of aliphatic hydroxyl groups excluding tert-OH is 1. The molecule has 1 saturated carbocycles. The van der Waals surface area contributed by atoms with E-state index in [1.54, 1.807) is 6.92 Å². The molecular formula is C16H27F2NO2. The molecule has 2 fully saturated rings. The summed E-state index contributed by atoms with van der Waals surface area (Å²) in [4.78, 5) is 14.6. The Morgan fingerprint density at radius 2 is 1.90 bits per heavy atom. The Kier molecular flexibility index (Phi) is 5.58. The van der Waals surface area contributed by atoms with E-state index in [9.17, 15) is 18.7 Å². The fraction of sp³-hybridized carbons (Fsp3) is 0.938. The van der Waals surface area contributed by atoms with Gasteiger partial charge >= 0.3 is 0 Å². The van der Waals surface area contributed by atoms with Crippen molar-refractivity contribution < 1.29 is 18.7 Å². The van der Waals surface area contributed by atoms with Gasteiger partial charge in [0, 0.05) is 31.3 Å². The molecule has 1 aliphatic carbocycles. The molecule has 2 unspecified atom stereocenters. The van der Waals surface area contributed by atoms with Crippen molar-refractivity contribution >= 4 is 5.91 Å². The normalized spacial score (nSPS) is 29.0. The lowest BCUT2D eigenvalue weighted by molar-refractivity contribution is -0.142. The van der Waals surface area contributed by atoms with E-state index in [0.29, 0.717) is 25.8 Å². The zero-order chi connectivity index (χ0) is 15.5. The number of amides is 1. The Bertz CT molecular complexity index is 350. The number of nitrogens with zero attached hydrogens (tertiary/aromatic N) is 1. The van der Waals surface area contributed by atoms with Gasteiger partial charge in [-0.15, -0.1) is 0 Å². The number of carbonyl (C=O) groups excluding carboxylic acids is 1. The van der Waals surface area contributed by atoms with Crippen molar-refractivity contribution in [3.63, 3.8) is 0 Å². The maximum atomic E-state index is 13.2. The van der Waals surface area contributed by atoms with Gasteiger partial charge in [-0.3, -0.25) is 4.79 Å². The summed E-state index contributed by atoms with van der Waals surface area (Å²) in [5.41, 5.74) is 0. The third kappa shape index (κ3) is 4.63. The molecule has 0 aromatic rings. The standard InChI is InChI=1S/C16H27F2NO2/c1-12(20)11-14-5-3-2-4-10-19(14)15(21)13-6-8-16(17,18)9-7-13/h12-14,20H,2-11H2,1H3. The van der Waals surface area contributed by atoms with Crippen LogP contribution in [-0.4, -0.2) is 40.5 Å². The highest BCUT2D eigenvalue weighted by Gasteiger charge is 2.39. The van der Waals surface area contributed by atoms with Crippen molar-refractivity contribution in [3.05, 3.63) is 0 Å². The zero-order valence-electron chi connectivity index (χ0n) is 12.9. The summed E-state index contributed by atoms with van der Waals surface area (Å²) in [5.74, 6) is -2.80. The number of hydrogen-bond donors (Lipinski definition) is 1. The Morgan fingerprint density at radius 1 is 1.24 bits per heavy atom. The molecular weight excluding hydrogens is 276 g/mol. The molecule has 0 spiro atoms. The largest absolute Gasteiger partial charge is 0.393 e. The van der Waals surface area contributed by atoms with Crippen LogP contribution in [0.1, 0.15) is 64.7 Å². The van der Waals surface area contributed by atoms with Gasteiger partial charge in [-0.2, -0.15) is 0 Å². The fourth-order valence-electron chi connectivity index (χ4n) is 3.63. The average molecular weight is 303 g/mol. The van der Waals surface area contributed by atoms with Gasteiger partial charge in [-0.25, -0.2) is 8.78 Å². The first-order chi connectivity index (χ1) is 9.89. The first kappa shape index (κ1) is 16.7. The van der Waals surface area contributed by atoms with Crippen molar-refractivity contribution in [2.45, 2.75) is 82.8 Å². The summed E-state index contributed by atoms with van der Waals surface area (Å²) in [5, 5.41) is 9.64. The molecule has 0 bridgehead atoms. The number of carbonyl (C=O) groups is 1. The minimum atomic E-state index is -2.59. The van der Waals surface area contributed by atoms with Crippen LogP contribution in [0.3, 0.4) is 0 Å². The predicted octanol–water partition coefficient (Wildman–Crippen LogP) is 3.35. The van der Waals surface area contributed by atoms with E-state index < -0.39 is 12.0 Å². The topological polar surface area (TPSA) is 40.5 Å². The van der Waals surface area contributed by atoms with E-state index in [1.807, 2.05) is 4.90 Å². The highest BCUT2D eigenvalue weighted by atomic mass is 19.3. The highest BCUT2D eigenvalue weighted by Crippen LogP contribution is 2.37. The predicted molar refractivity (Wildman–Crippen MR) is 77.2 cm³/mol. The van der Waals surface area contributed by atoms with E-state index >= 15 is 0 Å². The van der Waals surface area contributed by atoms with Gasteiger partial charge in [0.1, 0.15) is 0 Å². The van der Waals surface area contributed by atoms with Crippen molar-refractivity contribution in [3.8, 4) is 0 Å². The summed E-state index contributed by atoms with van der Waals surface area (Å²) < 4.78 is 26.5. The number of likely N-dealkylation sites (tertiary alicyclic amines) is 1. The second kappa shape index (κ2) is 7.03. The number of alkyl halides is 2. The summed E-state index contributed by atoms with van der Waals surface area (Å²) in [7, 11) is 0. The van der Waals surface area contributed by atoms with Crippen LogP contribution in [0.15, 0.2) is 0 Å². The molecule has 5 heteroatoms. The van der Waals surface area contributed by atoms with Gasteiger partial charge < -0.3 is 10.0 Å². The minimum Gasteiger partial charge on any atom is -0.393 e. The smallest absolute Gasteiger partial charge is 0.248 e. The second-order valence-corrected chi connectivity index (χ2v) is 6.75. The number of hydrogen-bond acceptors (Lipinski definition) is 2. The molecule has 1 amide bonds. The Labute approximate surface area is 125 Å². The monoisotopic (exact) mass is 303 g/mol. The summed E-state index contributed by atoms with van der Waals surface area (Å²) in [6.07, 6.45) is 4.48. The quantitative estimate of drug-likeness (QED) is 0.868. The van der Waals surface area contributed by atoms with Crippen molar-refractivity contribution in [2.75, 3.05) is 6.54 Å². The maximum absolute atomic E-state index is 13.2. The van der Waals surface area contributed by atoms with Crippen LogP contribution in [0, 0.1) is 5.92 Å². The van der Waals surface area contributed by atoms with Crippen molar-refractivity contribution in [1.29, 1.82) is 0 Å². The molecule has 1 N–H and O–H groups in total. The van der Waals surface area contributed by atoms with Crippen LogP contribution >= 0.6 is 0 Å². The fourth-order valence-corrected chi connectivity index (χ4v) is 3.63. The molecule has 0 radical (unpaired) electrons. The van der Waals surface area contributed by atoms with E-state index in [1.165, 1.54) is 0 Å². The Hall–Kier alpha value is -0.710. The third-order valence-electron chi connectivity index (χ3n) is 4.84. The molecule has 2 aliphatic rings. The summed E-state index contributed by atoms with van der Waals surface area (Å²) in [6.45, 7) is 2.46. The van der Waals surface area contributed by atoms with Crippen molar-refractivity contribution in [1.82, 2.24) is 4.90 Å². The lowest BCUT2D eigenvalue weighted by Crippen LogP contribution is -2.46. The van der Waals surface area contributed by atoms with Crippen LogP contribution in [0.5, 0.6) is 0 Å². The van der Waals surface area contributed by atoms with Crippen LogP contribution in [0.4, 0.5) is 8.78 Å². The van der Waals surface area contributed by atoms with Crippen LogP contribution in [0.25, 0.3) is 0 Å². The molecule has 21 heavy (non-hydrogen) atoms. The Morgan fingerprint density at radius 3 is 2.52 bits per heavy atom. The van der Waals surface area contributed by atoms with E-state index in [-0.39, 0.29) is 30.7 Å². The van der Waals surface area contributed by atoms with Gasteiger partial charge in [0.25, 0.3) is 0 Å². The lowest BCUT2D eigenvalue weighted by Gasteiger charge is -2.36. The lowest BCUT2D eigenvalue weighted by atomic mass is 9.85. The molecule has 1 heterocycles. The van der Waals surface area contributed by atoms with Crippen LogP contribution in [0.2, 0.25) is 0 Å². The average Bonchev–Trinajstić information content (AvgIpc) is 2.63. The molecule has 2 atom stereocenters. The second-order valence-electron chi connectivity index (χ2n) is 6.75. The zero-order valence-corrected chi connectivity index (χ0v) is 12.9. The van der Waals surface area contributed by atoms with Gasteiger partial charge in [0.2, 0.25) is 11.8 Å². The molecule has 0 aromatic heterocycles. The van der Waals surface area contributed by atoms with E-state index in [4.69, 9.17) is 0 Å². The molecule has 122 valence electrons. The van der Waals surface area contributed by atoms with Crippen LogP contribution in [-0.2, 0) is 4.79 Å². The number of rotatable bonds is 3. The SMILES string of the molecule is CC(O)CC1CCCCCN1C(=O)C1CCC(F)(F)CC1. The van der Waals surface area contributed by atoms with Crippen LogP contribution < -0.4 is 0 Å². The molecule has 1 saturated heterocycles. The van der Waals surface area contributed by atoms with Gasteiger partial charge in [-0.1, -0.05) is 12.8 Å². The molecule has 2 rings (SSSR count). The van der Waals surface area contributed by atoms with Gasteiger partial charge in [0.05, 0.1) is 6.10 Å². The first-order valence-corrected chi connectivity index (χ1v) is 8.25. The molecule has 1 aliphatic heterocycles. The van der Waals surface area contributed by atoms with Crippen molar-refractivity contribution in [2.24, 2.45) is 5.92 Å². The van der Waals surface area contributed by atoms with Gasteiger partial charge in [0.15, 0.2) is 0 Å². The number of aliphatic hydroxyl groups is 1. The Balaban J connectivity index is 2.00. The van der Waals surface area contributed by atoms with E-state index in [2.05, 4.69) is 0 Å². The van der Waals surface area contributed by atoms with E-state index in [0.717, 1.165) is 25.7 Å². The summed E-state index contributed by atoms with van der Waals surface area (Å²) in [6, 6.07) is 0.0717. The van der Waals surface area contributed by atoms with Gasteiger partial charge in [-0.05, 0) is 39.0 Å². The number of halogens is 2. The maximum Gasteiger partial charge on any atom is 0.248 e. The first-order valence-electron chi connectivity index (χ1n) is 8.25. The third-order valence-corrected chi connectivity index (χ3v) is 4.84. The summed E-state index contributed by atoms with van der Waals surface area (Å²) >= 11 is 0. The molecule has 0 aromatic carbocycles.